The van der Waals surface area contributed by atoms with Crippen molar-refractivity contribution in [2.24, 2.45) is 22.7 Å². The van der Waals surface area contributed by atoms with Crippen molar-refractivity contribution in [2.45, 2.75) is 50.9 Å². The monoisotopic (exact) mass is 535 g/mol. The fourth-order valence-corrected chi connectivity index (χ4v) is 8.33. The quantitative estimate of drug-likeness (QED) is 0.258. The summed E-state index contributed by atoms with van der Waals surface area (Å²) in [6, 6.07) is 31.2. The zero-order valence-electron chi connectivity index (χ0n) is 23.3. The summed E-state index contributed by atoms with van der Waals surface area (Å²) in [5, 5.41) is 9.96. The van der Waals surface area contributed by atoms with Crippen LogP contribution in [0, 0.1) is 22.7 Å². The van der Waals surface area contributed by atoms with Gasteiger partial charge in [0.15, 0.2) is 0 Å². The molecule has 4 bridgehead atoms. The third kappa shape index (κ3) is 5.52. The SMILES string of the molecule is O=C(NCCNc1ccccc1)C12CC3CC(C1)CC(C(=O)NCCC(c1ccccc1)c1ccccc1)(C3)C2. The zero-order valence-corrected chi connectivity index (χ0v) is 23.3. The van der Waals surface area contributed by atoms with Gasteiger partial charge in [0.25, 0.3) is 0 Å². The van der Waals surface area contributed by atoms with Crippen molar-refractivity contribution in [3.8, 4) is 0 Å². The number of hydrogen-bond donors (Lipinski definition) is 3. The topological polar surface area (TPSA) is 70.2 Å². The highest BCUT2D eigenvalue weighted by Crippen LogP contribution is 2.65. The van der Waals surface area contributed by atoms with E-state index in [1.165, 1.54) is 17.5 Å². The number of benzene rings is 3. The lowest BCUT2D eigenvalue weighted by atomic mass is 9.43. The zero-order chi connectivity index (χ0) is 27.4. The molecular weight excluding hydrogens is 494 g/mol. The van der Waals surface area contributed by atoms with Gasteiger partial charge in [-0.05, 0) is 80.0 Å². The number of carbonyl (C=O) groups is 2. The summed E-state index contributed by atoms with van der Waals surface area (Å²) in [5.74, 6) is 1.51. The van der Waals surface area contributed by atoms with Gasteiger partial charge in [-0.2, -0.15) is 0 Å². The van der Waals surface area contributed by atoms with Crippen molar-refractivity contribution in [2.75, 3.05) is 25.0 Å². The summed E-state index contributed by atoms with van der Waals surface area (Å²) in [7, 11) is 0. The minimum absolute atomic E-state index is 0.154. The molecule has 5 nitrogen and oxygen atoms in total. The Hall–Kier alpha value is -3.60. The maximum Gasteiger partial charge on any atom is 0.226 e. The summed E-state index contributed by atoms with van der Waals surface area (Å²) < 4.78 is 0. The molecule has 7 rings (SSSR count). The molecule has 4 aliphatic rings. The second kappa shape index (κ2) is 11.5. The molecule has 4 saturated carbocycles. The van der Waals surface area contributed by atoms with Crippen molar-refractivity contribution in [3.05, 3.63) is 102 Å². The molecule has 0 aromatic heterocycles. The van der Waals surface area contributed by atoms with E-state index in [0.717, 1.165) is 37.8 Å². The molecule has 5 heteroatoms. The van der Waals surface area contributed by atoms with E-state index in [0.29, 0.717) is 37.9 Å². The van der Waals surface area contributed by atoms with Crippen LogP contribution in [0.3, 0.4) is 0 Å². The summed E-state index contributed by atoms with van der Waals surface area (Å²) in [4.78, 5) is 27.5. The van der Waals surface area contributed by atoms with Crippen LogP contribution in [0.5, 0.6) is 0 Å². The Bertz CT molecular complexity index is 1240. The van der Waals surface area contributed by atoms with Gasteiger partial charge in [-0.3, -0.25) is 9.59 Å². The molecule has 40 heavy (non-hydrogen) atoms. The molecular formula is C35H41N3O2. The van der Waals surface area contributed by atoms with Crippen LogP contribution in [0.4, 0.5) is 5.69 Å². The molecule has 0 aliphatic heterocycles. The standard InChI is InChI=1S/C35H41N3O2/c39-32(37-17-16-31(28-10-4-1-5-11-28)29-12-6-2-7-13-29)34-21-26-20-27(22-34)24-35(23-26,25-34)33(40)38-19-18-36-30-14-8-3-9-15-30/h1-15,26-27,31,36H,16-25H2,(H,37,39)(H,38,40). The van der Waals surface area contributed by atoms with Gasteiger partial charge in [-0.25, -0.2) is 0 Å². The highest BCUT2D eigenvalue weighted by atomic mass is 16.2. The Labute approximate surface area is 238 Å². The highest BCUT2D eigenvalue weighted by Gasteiger charge is 2.62. The number of carbonyl (C=O) groups excluding carboxylic acids is 2. The molecule has 4 fully saturated rings. The Kier molecular flexibility index (Phi) is 7.64. The molecule has 3 N–H and O–H groups in total. The van der Waals surface area contributed by atoms with Gasteiger partial charge in [0.05, 0.1) is 10.8 Å². The number of hydrogen-bond acceptors (Lipinski definition) is 3. The summed E-state index contributed by atoms with van der Waals surface area (Å²) >= 11 is 0. The van der Waals surface area contributed by atoms with Gasteiger partial charge in [0, 0.05) is 31.2 Å². The maximum absolute atomic E-state index is 13.9. The van der Waals surface area contributed by atoms with E-state index in [4.69, 9.17) is 0 Å². The number of rotatable bonds is 11. The lowest BCUT2D eigenvalue weighted by Crippen LogP contribution is -2.61. The third-order valence-corrected chi connectivity index (χ3v) is 9.66. The normalized spacial score (nSPS) is 26.4. The van der Waals surface area contributed by atoms with Crippen LogP contribution in [-0.2, 0) is 9.59 Å². The lowest BCUT2D eigenvalue weighted by Gasteiger charge is -2.60. The first-order valence-corrected chi connectivity index (χ1v) is 15.0. The summed E-state index contributed by atoms with van der Waals surface area (Å²) in [6.07, 6.45) is 6.44. The van der Waals surface area contributed by atoms with Gasteiger partial charge < -0.3 is 16.0 Å². The van der Waals surface area contributed by atoms with E-state index in [9.17, 15) is 9.59 Å². The Morgan fingerprint density at radius 3 is 1.65 bits per heavy atom. The maximum atomic E-state index is 13.9. The first-order chi connectivity index (χ1) is 19.6. The molecule has 0 spiro atoms. The molecule has 4 aliphatic carbocycles. The molecule has 3 aromatic rings. The molecule has 0 heterocycles. The molecule has 3 aromatic carbocycles. The van der Waals surface area contributed by atoms with Crippen molar-refractivity contribution >= 4 is 17.5 Å². The average molecular weight is 536 g/mol. The fraction of sp³-hybridized carbons (Fsp3) is 0.429. The van der Waals surface area contributed by atoms with E-state index < -0.39 is 10.8 Å². The van der Waals surface area contributed by atoms with Gasteiger partial charge in [-0.1, -0.05) is 78.9 Å². The Balaban J connectivity index is 1.08. The lowest BCUT2D eigenvalue weighted by molar-refractivity contribution is -0.167. The van der Waals surface area contributed by atoms with Crippen molar-refractivity contribution in [1.82, 2.24) is 10.6 Å². The predicted molar refractivity (Wildman–Crippen MR) is 160 cm³/mol. The second-order valence-corrected chi connectivity index (χ2v) is 12.5. The number of para-hydroxylation sites is 1. The summed E-state index contributed by atoms with van der Waals surface area (Å²) in [5.41, 5.74) is 2.80. The molecule has 2 unspecified atom stereocenters. The van der Waals surface area contributed by atoms with E-state index in [-0.39, 0.29) is 17.7 Å². The number of nitrogens with one attached hydrogen (secondary N) is 3. The number of anilines is 1. The van der Waals surface area contributed by atoms with Crippen LogP contribution < -0.4 is 16.0 Å². The molecule has 0 saturated heterocycles. The minimum atomic E-state index is -0.404. The van der Waals surface area contributed by atoms with E-state index in [2.05, 4.69) is 64.5 Å². The third-order valence-electron chi connectivity index (χ3n) is 9.66. The van der Waals surface area contributed by atoms with Crippen LogP contribution in [-0.4, -0.2) is 31.4 Å². The van der Waals surface area contributed by atoms with Gasteiger partial charge in [-0.15, -0.1) is 0 Å². The van der Waals surface area contributed by atoms with Gasteiger partial charge in [0.1, 0.15) is 0 Å². The highest BCUT2D eigenvalue weighted by molar-refractivity contribution is 5.88. The van der Waals surface area contributed by atoms with Crippen LogP contribution in [0.1, 0.15) is 62.0 Å². The van der Waals surface area contributed by atoms with Crippen LogP contribution in [0.2, 0.25) is 0 Å². The van der Waals surface area contributed by atoms with Crippen molar-refractivity contribution in [1.29, 1.82) is 0 Å². The molecule has 0 radical (unpaired) electrons. The number of amides is 2. The second-order valence-electron chi connectivity index (χ2n) is 12.5. The smallest absolute Gasteiger partial charge is 0.226 e. The molecule has 208 valence electrons. The van der Waals surface area contributed by atoms with Gasteiger partial charge >= 0.3 is 0 Å². The van der Waals surface area contributed by atoms with Crippen LogP contribution >= 0.6 is 0 Å². The average Bonchev–Trinajstić information content (AvgIpc) is 2.98. The predicted octanol–water partition coefficient (Wildman–Crippen LogP) is 6.14. The molecule has 2 atom stereocenters. The largest absolute Gasteiger partial charge is 0.383 e. The molecule has 2 amide bonds. The first kappa shape index (κ1) is 26.6. The Morgan fingerprint density at radius 1 is 0.650 bits per heavy atom. The van der Waals surface area contributed by atoms with Crippen molar-refractivity contribution < 1.29 is 9.59 Å². The summed E-state index contributed by atoms with van der Waals surface area (Å²) in [6.45, 7) is 1.91. The van der Waals surface area contributed by atoms with Crippen molar-refractivity contribution in [3.63, 3.8) is 0 Å². The van der Waals surface area contributed by atoms with E-state index >= 15 is 0 Å². The van der Waals surface area contributed by atoms with Crippen LogP contribution in [0.25, 0.3) is 0 Å². The minimum Gasteiger partial charge on any atom is -0.383 e. The first-order valence-electron chi connectivity index (χ1n) is 15.0. The van der Waals surface area contributed by atoms with Gasteiger partial charge in [0.2, 0.25) is 11.8 Å². The van der Waals surface area contributed by atoms with E-state index in [1.54, 1.807) is 0 Å². The van der Waals surface area contributed by atoms with Crippen LogP contribution in [0.15, 0.2) is 91.0 Å². The fourth-order valence-electron chi connectivity index (χ4n) is 8.33. The Morgan fingerprint density at radius 2 is 1.12 bits per heavy atom. The van der Waals surface area contributed by atoms with E-state index in [1.807, 2.05) is 42.5 Å².